The number of benzene rings is 1. The van der Waals surface area contributed by atoms with Gasteiger partial charge in [0.1, 0.15) is 5.82 Å². The molecule has 0 aliphatic heterocycles. The SMILES string of the molecule is CN(C)c1cc(C(F)(F)F)nc(NCc2cc(=O)[nH]c3ccccc23)n1. The molecule has 136 valence electrons. The van der Waals surface area contributed by atoms with Crippen LogP contribution in [0.5, 0.6) is 0 Å². The number of para-hydroxylation sites is 1. The van der Waals surface area contributed by atoms with Gasteiger partial charge < -0.3 is 15.2 Å². The Bertz CT molecular complexity index is 998. The predicted octanol–water partition coefficient (Wildman–Crippen LogP) is 3.02. The molecular weight excluding hydrogens is 347 g/mol. The van der Waals surface area contributed by atoms with Gasteiger partial charge in [0.15, 0.2) is 5.69 Å². The van der Waals surface area contributed by atoms with E-state index < -0.39 is 11.9 Å². The van der Waals surface area contributed by atoms with Gasteiger partial charge in [0, 0.05) is 43.7 Å². The highest BCUT2D eigenvalue weighted by Gasteiger charge is 2.34. The maximum Gasteiger partial charge on any atom is 0.433 e. The largest absolute Gasteiger partial charge is 0.433 e. The van der Waals surface area contributed by atoms with Gasteiger partial charge in [-0.3, -0.25) is 4.79 Å². The molecule has 3 rings (SSSR count). The first kappa shape index (κ1) is 17.7. The molecule has 0 unspecified atom stereocenters. The van der Waals surface area contributed by atoms with Crippen LogP contribution in [0.1, 0.15) is 11.3 Å². The van der Waals surface area contributed by atoms with Crippen LogP contribution in [0.3, 0.4) is 0 Å². The Balaban J connectivity index is 1.95. The summed E-state index contributed by atoms with van der Waals surface area (Å²) >= 11 is 0. The number of halogens is 3. The second kappa shape index (κ2) is 6.66. The van der Waals surface area contributed by atoms with E-state index in [1.807, 2.05) is 12.1 Å². The highest BCUT2D eigenvalue weighted by Crippen LogP contribution is 2.30. The van der Waals surface area contributed by atoms with Gasteiger partial charge in [-0.2, -0.15) is 18.2 Å². The van der Waals surface area contributed by atoms with Crippen LogP contribution in [0.15, 0.2) is 41.2 Å². The molecule has 0 atom stereocenters. The second-order valence-electron chi connectivity index (χ2n) is 5.89. The number of H-pyrrole nitrogens is 1. The van der Waals surface area contributed by atoms with Crippen LogP contribution in [-0.4, -0.2) is 29.0 Å². The van der Waals surface area contributed by atoms with Gasteiger partial charge in [0.2, 0.25) is 11.5 Å². The predicted molar refractivity (Wildman–Crippen MR) is 93.3 cm³/mol. The van der Waals surface area contributed by atoms with E-state index in [-0.39, 0.29) is 23.9 Å². The van der Waals surface area contributed by atoms with Crippen molar-refractivity contribution >= 4 is 22.7 Å². The third kappa shape index (κ3) is 3.76. The summed E-state index contributed by atoms with van der Waals surface area (Å²) in [6.45, 7) is 0.110. The molecule has 2 heterocycles. The second-order valence-corrected chi connectivity index (χ2v) is 5.89. The molecule has 2 aromatic heterocycles. The van der Waals surface area contributed by atoms with Crippen molar-refractivity contribution in [1.29, 1.82) is 0 Å². The summed E-state index contributed by atoms with van der Waals surface area (Å²) in [5, 5.41) is 3.58. The quantitative estimate of drug-likeness (QED) is 0.745. The van der Waals surface area contributed by atoms with Crippen LogP contribution in [0.25, 0.3) is 10.9 Å². The molecule has 0 radical (unpaired) electrons. The molecule has 0 fully saturated rings. The average molecular weight is 363 g/mol. The highest BCUT2D eigenvalue weighted by molar-refractivity contribution is 5.82. The Morgan fingerprint density at radius 3 is 2.58 bits per heavy atom. The Morgan fingerprint density at radius 2 is 1.88 bits per heavy atom. The van der Waals surface area contributed by atoms with Gasteiger partial charge >= 0.3 is 6.18 Å². The summed E-state index contributed by atoms with van der Waals surface area (Å²) in [5.41, 5.74) is -0.0404. The normalized spacial score (nSPS) is 11.6. The molecule has 6 nitrogen and oxygen atoms in total. The van der Waals surface area contributed by atoms with Crippen molar-refractivity contribution in [1.82, 2.24) is 15.0 Å². The summed E-state index contributed by atoms with van der Waals surface area (Å²) in [7, 11) is 3.19. The fourth-order valence-corrected chi connectivity index (χ4v) is 2.49. The van der Waals surface area contributed by atoms with Crippen LogP contribution in [-0.2, 0) is 12.7 Å². The zero-order valence-electron chi connectivity index (χ0n) is 14.1. The number of aromatic amines is 1. The van der Waals surface area contributed by atoms with Gasteiger partial charge in [0.05, 0.1) is 0 Å². The Morgan fingerprint density at radius 1 is 1.15 bits per heavy atom. The number of pyridine rings is 1. The van der Waals surface area contributed by atoms with E-state index in [9.17, 15) is 18.0 Å². The van der Waals surface area contributed by atoms with E-state index in [0.717, 1.165) is 11.5 Å². The zero-order valence-corrected chi connectivity index (χ0v) is 14.1. The molecule has 1 aromatic carbocycles. The first-order valence-corrected chi connectivity index (χ1v) is 7.72. The van der Waals surface area contributed by atoms with Gasteiger partial charge in [-0.15, -0.1) is 0 Å². The number of nitrogens with zero attached hydrogens (tertiary/aromatic N) is 3. The van der Waals surface area contributed by atoms with Crippen molar-refractivity contribution in [2.45, 2.75) is 12.7 Å². The number of hydrogen-bond donors (Lipinski definition) is 2. The van der Waals surface area contributed by atoms with Gasteiger partial charge in [0.25, 0.3) is 0 Å². The maximum atomic E-state index is 13.1. The lowest BCUT2D eigenvalue weighted by Gasteiger charge is -2.16. The van der Waals surface area contributed by atoms with Gasteiger partial charge in [-0.05, 0) is 11.6 Å². The lowest BCUT2D eigenvalue weighted by atomic mass is 10.1. The first-order valence-electron chi connectivity index (χ1n) is 7.72. The van der Waals surface area contributed by atoms with E-state index >= 15 is 0 Å². The van der Waals surface area contributed by atoms with Crippen LogP contribution >= 0.6 is 0 Å². The molecule has 0 aliphatic rings. The van der Waals surface area contributed by atoms with E-state index in [4.69, 9.17) is 0 Å². The van der Waals surface area contributed by atoms with E-state index in [1.165, 1.54) is 11.0 Å². The Labute approximate surface area is 146 Å². The molecule has 9 heteroatoms. The summed E-state index contributed by atoms with van der Waals surface area (Å²) in [5.74, 6) is -0.0292. The van der Waals surface area contributed by atoms with Crippen molar-refractivity contribution in [3.8, 4) is 0 Å². The molecule has 0 bridgehead atoms. The molecule has 2 N–H and O–H groups in total. The van der Waals surface area contributed by atoms with Crippen LogP contribution in [0.2, 0.25) is 0 Å². The summed E-state index contributed by atoms with van der Waals surface area (Å²) in [6, 6.07) is 9.46. The molecule has 0 saturated carbocycles. The molecular formula is C17H16F3N5O. The van der Waals surface area contributed by atoms with Crippen molar-refractivity contribution in [3.63, 3.8) is 0 Å². The topological polar surface area (TPSA) is 73.9 Å². The standard InChI is InChI=1S/C17H16F3N5O/c1-25(2)14-8-13(17(18,19)20)23-16(24-14)21-9-10-7-15(26)22-12-6-4-3-5-11(10)12/h3-8H,9H2,1-2H3,(H,22,26)(H,21,23,24). The fraction of sp³-hybridized carbons (Fsp3) is 0.235. The number of alkyl halides is 3. The monoisotopic (exact) mass is 363 g/mol. The van der Waals surface area contributed by atoms with Crippen molar-refractivity contribution in [2.75, 3.05) is 24.3 Å². The Kier molecular flexibility index (Phi) is 4.54. The summed E-state index contributed by atoms with van der Waals surface area (Å²) in [4.78, 5) is 23.6. The van der Waals surface area contributed by atoms with Gasteiger partial charge in [-0.1, -0.05) is 18.2 Å². The minimum absolute atomic E-state index is 0.110. The zero-order chi connectivity index (χ0) is 18.9. The number of fused-ring (bicyclic) bond motifs is 1. The number of aromatic nitrogens is 3. The van der Waals surface area contributed by atoms with Gasteiger partial charge in [-0.25, -0.2) is 4.98 Å². The molecule has 0 spiro atoms. The van der Waals surface area contributed by atoms with Crippen molar-refractivity contribution in [3.05, 3.63) is 58.0 Å². The van der Waals surface area contributed by atoms with E-state index in [2.05, 4.69) is 20.3 Å². The highest BCUT2D eigenvalue weighted by atomic mass is 19.4. The molecule has 3 aromatic rings. The van der Waals surface area contributed by atoms with Crippen molar-refractivity contribution < 1.29 is 13.2 Å². The number of anilines is 2. The summed E-state index contributed by atoms with van der Waals surface area (Å²) in [6.07, 6.45) is -4.58. The maximum absolute atomic E-state index is 13.1. The lowest BCUT2D eigenvalue weighted by molar-refractivity contribution is -0.141. The van der Waals surface area contributed by atoms with E-state index in [0.29, 0.717) is 11.1 Å². The first-order chi connectivity index (χ1) is 12.2. The van der Waals surface area contributed by atoms with Crippen LogP contribution in [0, 0.1) is 0 Å². The minimum Gasteiger partial charge on any atom is -0.363 e. The molecule has 0 saturated heterocycles. The van der Waals surface area contributed by atoms with E-state index in [1.54, 1.807) is 26.2 Å². The van der Waals surface area contributed by atoms with Crippen LogP contribution in [0.4, 0.5) is 24.9 Å². The number of nitrogens with one attached hydrogen (secondary N) is 2. The van der Waals surface area contributed by atoms with Crippen molar-refractivity contribution in [2.24, 2.45) is 0 Å². The minimum atomic E-state index is -4.58. The number of rotatable bonds is 4. The third-order valence-electron chi connectivity index (χ3n) is 3.73. The third-order valence-corrected chi connectivity index (χ3v) is 3.73. The molecule has 26 heavy (non-hydrogen) atoms. The average Bonchev–Trinajstić information content (AvgIpc) is 2.58. The van der Waals surface area contributed by atoms with Crippen LogP contribution < -0.4 is 15.8 Å². The molecule has 0 aliphatic carbocycles. The Hall–Kier alpha value is -3.10. The fourth-order valence-electron chi connectivity index (χ4n) is 2.49. The smallest absolute Gasteiger partial charge is 0.363 e. The summed E-state index contributed by atoms with van der Waals surface area (Å²) < 4.78 is 39.2. The molecule has 0 amide bonds. The lowest BCUT2D eigenvalue weighted by Crippen LogP contribution is -2.18. The number of hydrogen-bond acceptors (Lipinski definition) is 5.